The summed E-state index contributed by atoms with van der Waals surface area (Å²) in [6.45, 7) is 2.75. The van der Waals surface area contributed by atoms with Crippen LogP contribution in [0.25, 0.3) is 0 Å². The molecule has 2 aromatic rings. The van der Waals surface area contributed by atoms with Gasteiger partial charge in [0.05, 0.1) is 12.0 Å². The highest BCUT2D eigenvalue weighted by molar-refractivity contribution is 7.89. The Morgan fingerprint density at radius 2 is 1.52 bits per heavy atom. The zero-order chi connectivity index (χ0) is 21.0. The van der Waals surface area contributed by atoms with Crippen LogP contribution in [0.1, 0.15) is 6.92 Å². The Morgan fingerprint density at radius 3 is 2.07 bits per heavy atom. The number of hydrogen-bond acceptors (Lipinski definition) is 5. The Labute approximate surface area is 175 Å². The zero-order valence-corrected chi connectivity index (χ0v) is 17.8. The van der Waals surface area contributed by atoms with E-state index in [4.69, 9.17) is 21.1 Å². The minimum absolute atomic E-state index is 0.179. The van der Waals surface area contributed by atoms with Gasteiger partial charge in [0, 0.05) is 31.2 Å². The van der Waals surface area contributed by atoms with Crippen LogP contribution in [-0.4, -0.2) is 62.9 Å². The molecule has 1 unspecified atom stereocenters. The molecule has 1 fully saturated rings. The predicted octanol–water partition coefficient (Wildman–Crippen LogP) is 2.65. The van der Waals surface area contributed by atoms with Crippen molar-refractivity contribution in [1.29, 1.82) is 0 Å². The highest BCUT2D eigenvalue weighted by Gasteiger charge is 2.32. The number of ether oxygens (including phenoxy) is 2. The van der Waals surface area contributed by atoms with Gasteiger partial charge < -0.3 is 14.4 Å². The Hall–Kier alpha value is -2.29. The van der Waals surface area contributed by atoms with Crippen molar-refractivity contribution in [3.8, 4) is 11.5 Å². The summed E-state index contributed by atoms with van der Waals surface area (Å²) in [5, 5.41) is 0.588. The van der Waals surface area contributed by atoms with Crippen LogP contribution in [0.4, 0.5) is 0 Å². The molecule has 0 radical (unpaired) electrons. The van der Waals surface area contributed by atoms with E-state index in [9.17, 15) is 13.2 Å². The molecule has 9 heteroatoms. The van der Waals surface area contributed by atoms with E-state index in [2.05, 4.69) is 0 Å². The second-order valence-electron chi connectivity index (χ2n) is 6.62. The van der Waals surface area contributed by atoms with E-state index >= 15 is 0 Å². The standard InChI is InChI=1S/C20H23ClN2O5S/c1-15(28-18-5-3-16(21)4-6-18)20(24)22-11-13-23(14-12-22)29(25,26)19-9-7-17(27-2)8-10-19/h3-10,15H,11-14H2,1-2H3. The summed E-state index contributed by atoms with van der Waals surface area (Å²) in [5.74, 6) is 0.964. The Kier molecular flexibility index (Phi) is 6.66. The van der Waals surface area contributed by atoms with Crippen molar-refractivity contribution < 1.29 is 22.7 Å². The number of sulfonamides is 1. The molecule has 0 saturated carbocycles. The van der Waals surface area contributed by atoms with E-state index in [1.165, 1.54) is 23.5 Å². The maximum absolute atomic E-state index is 12.8. The summed E-state index contributed by atoms with van der Waals surface area (Å²) in [5.41, 5.74) is 0. The van der Waals surface area contributed by atoms with E-state index in [-0.39, 0.29) is 23.9 Å². The van der Waals surface area contributed by atoms with Crippen molar-refractivity contribution in [2.45, 2.75) is 17.9 Å². The van der Waals surface area contributed by atoms with Gasteiger partial charge in [0.15, 0.2) is 6.10 Å². The van der Waals surface area contributed by atoms with Crippen LogP contribution in [0.15, 0.2) is 53.4 Å². The third-order valence-corrected chi connectivity index (χ3v) is 6.89. The third-order valence-electron chi connectivity index (χ3n) is 4.72. The Balaban J connectivity index is 1.58. The molecule has 0 N–H and O–H groups in total. The molecule has 0 aromatic heterocycles. The molecular formula is C20H23ClN2O5S. The molecule has 1 saturated heterocycles. The van der Waals surface area contributed by atoms with Crippen LogP contribution in [0.5, 0.6) is 11.5 Å². The fraction of sp³-hybridized carbons (Fsp3) is 0.350. The fourth-order valence-electron chi connectivity index (χ4n) is 3.07. The number of hydrogen-bond donors (Lipinski definition) is 0. The van der Waals surface area contributed by atoms with Crippen LogP contribution >= 0.6 is 11.6 Å². The van der Waals surface area contributed by atoms with E-state index in [1.807, 2.05) is 0 Å². The van der Waals surface area contributed by atoms with E-state index < -0.39 is 16.1 Å². The van der Waals surface area contributed by atoms with Gasteiger partial charge in [0.25, 0.3) is 5.91 Å². The minimum atomic E-state index is -3.61. The van der Waals surface area contributed by atoms with Gasteiger partial charge in [-0.1, -0.05) is 11.6 Å². The molecule has 0 spiro atoms. The van der Waals surface area contributed by atoms with Crippen LogP contribution < -0.4 is 9.47 Å². The normalized spacial score (nSPS) is 16.3. The average molecular weight is 439 g/mol. The number of nitrogens with zero attached hydrogens (tertiary/aromatic N) is 2. The first-order chi connectivity index (χ1) is 13.8. The van der Waals surface area contributed by atoms with Gasteiger partial charge in [-0.25, -0.2) is 8.42 Å². The summed E-state index contributed by atoms with van der Waals surface area (Å²) in [6, 6.07) is 13.1. The van der Waals surface area contributed by atoms with Crippen LogP contribution in [0, 0.1) is 0 Å². The monoisotopic (exact) mass is 438 g/mol. The highest BCUT2D eigenvalue weighted by Crippen LogP contribution is 2.21. The molecular weight excluding hydrogens is 416 g/mol. The van der Waals surface area contributed by atoms with Crippen molar-refractivity contribution >= 4 is 27.5 Å². The van der Waals surface area contributed by atoms with Crippen molar-refractivity contribution in [2.75, 3.05) is 33.3 Å². The number of benzene rings is 2. The largest absolute Gasteiger partial charge is 0.497 e. The summed E-state index contributed by atoms with van der Waals surface area (Å²) in [4.78, 5) is 14.5. The number of carbonyl (C=O) groups is 1. The Bertz CT molecular complexity index is 940. The maximum atomic E-state index is 12.8. The second-order valence-corrected chi connectivity index (χ2v) is 8.99. The van der Waals surface area contributed by atoms with Crippen molar-refractivity contribution in [1.82, 2.24) is 9.21 Å². The fourth-order valence-corrected chi connectivity index (χ4v) is 4.62. The van der Waals surface area contributed by atoms with Gasteiger partial charge in [-0.3, -0.25) is 4.79 Å². The van der Waals surface area contributed by atoms with Crippen LogP contribution in [-0.2, 0) is 14.8 Å². The van der Waals surface area contributed by atoms with E-state index in [0.717, 1.165) is 0 Å². The summed E-state index contributed by atoms with van der Waals surface area (Å²) >= 11 is 5.85. The molecule has 1 aliphatic rings. The van der Waals surface area contributed by atoms with Gasteiger partial charge in [-0.15, -0.1) is 0 Å². The molecule has 1 heterocycles. The topological polar surface area (TPSA) is 76.2 Å². The second kappa shape index (κ2) is 9.02. The lowest BCUT2D eigenvalue weighted by molar-refractivity contribution is -0.139. The third kappa shape index (κ3) is 5.01. The summed E-state index contributed by atoms with van der Waals surface area (Å²) in [6.07, 6.45) is -0.680. The molecule has 2 aromatic carbocycles. The van der Waals surface area contributed by atoms with Crippen molar-refractivity contribution in [3.63, 3.8) is 0 Å². The molecule has 1 aliphatic heterocycles. The lowest BCUT2D eigenvalue weighted by Gasteiger charge is -2.35. The number of amides is 1. The van der Waals surface area contributed by atoms with Crippen LogP contribution in [0.3, 0.4) is 0 Å². The van der Waals surface area contributed by atoms with Crippen LogP contribution in [0.2, 0.25) is 5.02 Å². The molecule has 1 amide bonds. The maximum Gasteiger partial charge on any atom is 0.263 e. The van der Waals surface area contributed by atoms with E-state index in [1.54, 1.807) is 48.2 Å². The van der Waals surface area contributed by atoms with Gasteiger partial charge in [-0.05, 0) is 55.5 Å². The SMILES string of the molecule is COc1ccc(S(=O)(=O)N2CCN(C(=O)C(C)Oc3ccc(Cl)cc3)CC2)cc1. The minimum Gasteiger partial charge on any atom is -0.497 e. The number of piperazine rings is 1. The summed E-state index contributed by atoms with van der Waals surface area (Å²) < 4.78 is 37.8. The number of rotatable bonds is 6. The first kappa shape index (κ1) is 21.4. The molecule has 7 nitrogen and oxygen atoms in total. The van der Waals surface area contributed by atoms with Gasteiger partial charge >= 0.3 is 0 Å². The quantitative estimate of drug-likeness (QED) is 0.693. The molecule has 1 atom stereocenters. The summed E-state index contributed by atoms with van der Waals surface area (Å²) in [7, 11) is -2.09. The lowest BCUT2D eigenvalue weighted by Crippen LogP contribution is -2.53. The number of carbonyl (C=O) groups excluding carboxylic acids is 1. The predicted molar refractivity (Wildman–Crippen MR) is 110 cm³/mol. The molecule has 0 aliphatic carbocycles. The smallest absolute Gasteiger partial charge is 0.263 e. The molecule has 3 rings (SSSR count). The molecule has 156 valence electrons. The van der Waals surface area contributed by atoms with Gasteiger partial charge in [-0.2, -0.15) is 4.31 Å². The highest BCUT2D eigenvalue weighted by atomic mass is 35.5. The lowest BCUT2D eigenvalue weighted by atomic mass is 10.2. The van der Waals surface area contributed by atoms with Crippen molar-refractivity contribution in [3.05, 3.63) is 53.6 Å². The Morgan fingerprint density at radius 1 is 0.966 bits per heavy atom. The molecule has 29 heavy (non-hydrogen) atoms. The van der Waals surface area contributed by atoms with Crippen molar-refractivity contribution in [2.24, 2.45) is 0 Å². The van der Waals surface area contributed by atoms with Gasteiger partial charge in [0.2, 0.25) is 10.0 Å². The first-order valence-corrected chi connectivity index (χ1v) is 11.0. The average Bonchev–Trinajstić information content (AvgIpc) is 2.75. The molecule has 0 bridgehead atoms. The number of methoxy groups -OCH3 is 1. The number of halogens is 1. The first-order valence-electron chi connectivity index (χ1n) is 9.16. The van der Waals surface area contributed by atoms with E-state index in [0.29, 0.717) is 29.6 Å². The van der Waals surface area contributed by atoms with Gasteiger partial charge in [0.1, 0.15) is 11.5 Å². The zero-order valence-electron chi connectivity index (χ0n) is 16.2.